The Morgan fingerprint density at radius 2 is 2.00 bits per heavy atom. The van der Waals surface area contributed by atoms with Gasteiger partial charge < -0.3 is 10.1 Å². The van der Waals surface area contributed by atoms with Crippen molar-refractivity contribution in [2.45, 2.75) is 44.3 Å². The van der Waals surface area contributed by atoms with Gasteiger partial charge in [0, 0.05) is 12.1 Å². The summed E-state index contributed by atoms with van der Waals surface area (Å²) in [5.41, 5.74) is 1.11. The molecule has 6 nitrogen and oxygen atoms in total. The van der Waals surface area contributed by atoms with Crippen molar-refractivity contribution in [1.29, 1.82) is 0 Å². The summed E-state index contributed by atoms with van der Waals surface area (Å²) in [5.74, 6) is 1.90. The Kier molecular flexibility index (Phi) is 6.84. The molecule has 1 heterocycles. The molecule has 1 fully saturated rings. The molecule has 0 unspecified atom stereocenters. The lowest BCUT2D eigenvalue weighted by atomic mass is 9.78. The van der Waals surface area contributed by atoms with Crippen molar-refractivity contribution >= 4 is 28.6 Å². The van der Waals surface area contributed by atoms with Crippen LogP contribution in [0.5, 0.6) is 5.75 Å². The highest BCUT2D eigenvalue weighted by atomic mass is 32.2. The van der Waals surface area contributed by atoms with Crippen molar-refractivity contribution in [3.05, 3.63) is 58.9 Å². The fraction of sp³-hybridized carbons (Fsp3) is 0.400. The molecule has 168 valence electrons. The molecule has 1 N–H and O–H groups in total. The van der Waals surface area contributed by atoms with Crippen molar-refractivity contribution in [3.8, 4) is 11.4 Å². The minimum Gasteiger partial charge on any atom is -0.497 e. The van der Waals surface area contributed by atoms with E-state index in [9.17, 15) is 9.59 Å². The molecule has 2 aromatic carbocycles. The molecule has 7 heteroatoms. The topological polar surface area (TPSA) is 73.2 Å². The van der Waals surface area contributed by atoms with Gasteiger partial charge in [0.1, 0.15) is 5.75 Å². The van der Waals surface area contributed by atoms with Crippen molar-refractivity contribution in [2.24, 2.45) is 11.8 Å². The van der Waals surface area contributed by atoms with Crippen LogP contribution in [0, 0.1) is 11.8 Å². The van der Waals surface area contributed by atoms with Crippen LogP contribution in [0.3, 0.4) is 0 Å². The molecule has 1 amide bonds. The van der Waals surface area contributed by atoms with E-state index in [4.69, 9.17) is 9.72 Å². The highest BCUT2D eigenvalue weighted by Gasteiger charge is 2.28. The maximum absolute atomic E-state index is 13.4. The summed E-state index contributed by atoms with van der Waals surface area (Å²) in [5, 5.41) is 4.23. The second kappa shape index (κ2) is 9.77. The first-order chi connectivity index (χ1) is 15.5. The molecule has 0 radical (unpaired) electrons. The molecular weight excluding hydrogens is 422 g/mol. The fourth-order valence-electron chi connectivity index (χ4n) is 4.35. The molecule has 1 saturated carbocycles. The van der Waals surface area contributed by atoms with Gasteiger partial charge in [-0.1, -0.05) is 56.7 Å². The standard InChI is InChI=1S/C25H29N3O3S/c1-16-8-6-13-21(17(16)2)26-23(29)15-32-25-27-22-12-5-4-11-20(22)24(30)28(25)18-9-7-10-19(14-18)31-3/h4-5,7,9-12,14,16-17,21H,6,8,13,15H2,1-3H3,(H,26,29)/t16-,17+,21+/m0/s1. The lowest BCUT2D eigenvalue weighted by molar-refractivity contribution is -0.120. The minimum absolute atomic E-state index is 0.0273. The zero-order valence-electron chi connectivity index (χ0n) is 18.7. The van der Waals surface area contributed by atoms with E-state index in [-0.39, 0.29) is 23.3 Å². The van der Waals surface area contributed by atoms with Gasteiger partial charge in [-0.15, -0.1) is 0 Å². The molecule has 0 spiro atoms. The number of carbonyl (C=O) groups is 1. The van der Waals surface area contributed by atoms with Crippen LogP contribution in [0.1, 0.15) is 33.1 Å². The molecule has 0 saturated heterocycles. The smallest absolute Gasteiger partial charge is 0.266 e. The van der Waals surface area contributed by atoms with Gasteiger partial charge in [0.2, 0.25) is 5.91 Å². The third-order valence-electron chi connectivity index (χ3n) is 6.44. The van der Waals surface area contributed by atoms with Crippen LogP contribution in [-0.4, -0.2) is 34.4 Å². The lowest BCUT2D eigenvalue weighted by Gasteiger charge is -2.34. The van der Waals surface area contributed by atoms with E-state index in [0.29, 0.717) is 39.3 Å². The molecule has 4 rings (SSSR count). The number of nitrogens with one attached hydrogen (secondary N) is 1. The molecular formula is C25H29N3O3S. The predicted octanol–water partition coefficient (Wildman–Crippen LogP) is 4.43. The SMILES string of the molecule is COc1cccc(-n2c(SCC(=O)N[C@@H]3CCC[C@H](C)[C@H]3C)nc3ccccc3c2=O)c1. The Morgan fingerprint density at radius 1 is 1.19 bits per heavy atom. The molecule has 1 aliphatic rings. The van der Waals surface area contributed by atoms with Crippen LogP contribution in [0.4, 0.5) is 0 Å². The Labute approximate surface area is 192 Å². The zero-order valence-corrected chi connectivity index (χ0v) is 19.5. The van der Waals surface area contributed by atoms with E-state index in [1.54, 1.807) is 23.8 Å². The van der Waals surface area contributed by atoms with Gasteiger partial charge in [0.25, 0.3) is 5.56 Å². The van der Waals surface area contributed by atoms with Gasteiger partial charge in [0.15, 0.2) is 5.16 Å². The molecule has 0 bridgehead atoms. The van der Waals surface area contributed by atoms with Crippen LogP contribution in [0.2, 0.25) is 0 Å². The van der Waals surface area contributed by atoms with Crippen molar-refractivity contribution < 1.29 is 9.53 Å². The largest absolute Gasteiger partial charge is 0.497 e. The summed E-state index contributed by atoms with van der Waals surface area (Å²) in [6.45, 7) is 4.47. The van der Waals surface area contributed by atoms with E-state index < -0.39 is 0 Å². The van der Waals surface area contributed by atoms with Crippen molar-refractivity contribution in [3.63, 3.8) is 0 Å². The van der Waals surface area contributed by atoms with Crippen LogP contribution in [0.25, 0.3) is 16.6 Å². The first kappa shape index (κ1) is 22.4. The first-order valence-electron chi connectivity index (χ1n) is 11.1. The number of carbonyl (C=O) groups excluding carboxylic acids is 1. The number of rotatable bonds is 6. The van der Waals surface area contributed by atoms with Crippen LogP contribution >= 0.6 is 11.8 Å². The van der Waals surface area contributed by atoms with Gasteiger partial charge in [-0.2, -0.15) is 0 Å². The highest BCUT2D eigenvalue weighted by molar-refractivity contribution is 7.99. The summed E-state index contributed by atoms with van der Waals surface area (Å²) >= 11 is 1.28. The molecule has 32 heavy (non-hydrogen) atoms. The van der Waals surface area contributed by atoms with Gasteiger partial charge >= 0.3 is 0 Å². The normalized spacial score (nSPS) is 20.8. The number of hydrogen-bond acceptors (Lipinski definition) is 5. The molecule has 3 atom stereocenters. The van der Waals surface area contributed by atoms with Crippen LogP contribution < -0.4 is 15.6 Å². The maximum Gasteiger partial charge on any atom is 0.266 e. The second-order valence-electron chi connectivity index (χ2n) is 8.48. The number of fused-ring (bicyclic) bond motifs is 1. The number of para-hydroxylation sites is 1. The minimum atomic E-state index is -0.165. The number of nitrogens with zero attached hydrogens (tertiary/aromatic N) is 2. The van der Waals surface area contributed by atoms with Crippen LogP contribution in [-0.2, 0) is 4.79 Å². The van der Waals surface area contributed by atoms with Crippen molar-refractivity contribution in [1.82, 2.24) is 14.9 Å². The summed E-state index contributed by atoms with van der Waals surface area (Å²) in [6.07, 6.45) is 3.38. The second-order valence-corrected chi connectivity index (χ2v) is 9.43. The number of benzene rings is 2. The van der Waals surface area contributed by atoms with E-state index in [1.807, 2.05) is 36.4 Å². The Hall–Kier alpha value is -2.80. The fourth-order valence-corrected chi connectivity index (χ4v) is 5.17. The van der Waals surface area contributed by atoms with Crippen LogP contribution in [0.15, 0.2) is 58.5 Å². The molecule has 3 aromatic rings. The lowest BCUT2D eigenvalue weighted by Crippen LogP contribution is -2.44. The third-order valence-corrected chi connectivity index (χ3v) is 7.38. The number of amides is 1. The highest BCUT2D eigenvalue weighted by Crippen LogP contribution is 2.30. The number of ether oxygens (including phenoxy) is 1. The quantitative estimate of drug-likeness (QED) is 0.443. The average molecular weight is 452 g/mol. The average Bonchev–Trinajstić information content (AvgIpc) is 2.81. The summed E-state index contributed by atoms with van der Waals surface area (Å²) in [4.78, 5) is 30.8. The summed E-state index contributed by atoms with van der Waals surface area (Å²) in [7, 11) is 1.59. The maximum atomic E-state index is 13.4. The zero-order chi connectivity index (χ0) is 22.7. The van der Waals surface area contributed by atoms with E-state index in [0.717, 1.165) is 12.8 Å². The van der Waals surface area contributed by atoms with Gasteiger partial charge in [-0.3, -0.25) is 14.2 Å². The monoisotopic (exact) mass is 451 g/mol. The first-order valence-corrected chi connectivity index (χ1v) is 12.0. The Bertz CT molecular complexity index is 1180. The van der Waals surface area contributed by atoms with Gasteiger partial charge in [0.05, 0.1) is 29.5 Å². The number of hydrogen-bond donors (Lipinski definition) is 1. The molecule has 1 aromatic heterocycles. The molecule has 1 aliphatic carbocycles. The predicted molar refractivity (Wildman–Crippen MR) is 129 cm³/mol. The van der Waals surface area contributed by atoms with E-state index in [1.165, 1.54) is 18.2 Å². The third kappa shape index (κ3) is 4.67. The number of methoxy groups -OCH3 is 1. The molecule has 0 aliphatic heterocycles. The van der Waals surface area contributed by atoms with E-state index in [2.05, 4.69) is 19.2 Å². The van der Waals surface area contributed by atoms with Gasteiger partial charge in [-0.25, -0.2) is 4.98 Å². The summed E-state index contributed by atoms with van der Waals surface area (Å²) in [6, 6.07) is 14.8. The van der Waals surface area contributed by atoms with Crippen molar-refractivity contribution in [2.75, 3.05) is 12.9 Å². The Morgan fingerprint density at radius 3 is 2.81 bits per heavy atom. The van der Waals surface area contributed by atoms with E-state index >= 15 is 0 Å². The number of aromatic nitrogens is 2. The Balaban J connectivity index is 1.62. The number of thioether (sulfide) groups is 1. The summed E-state index contributed by atoms with van der Waals surface area (Å²) < 4.78 is 6.90. The van der Waals surface area contributed by atoms with Gasteiger partial charge in [-0.05, 0) is 42.5 Å².